The van der Waals surface area contributed by atoms with Gasteiger partial charge in [-0.2, -0.15) is 0 Å². The summed E-state index contributed by atoms with van der Waals surface area (Å²) >= 11 is 13.0. The average molecular weight is 1580 g/mol. The number of rotatable bonds is 11. The first-order valence-corrected chi connectivity index (χ1v) is 27.3. The van der Waals surface area contributed by atoms with E-state index in [1.54, 1.807) is 107 Å². The van der Waals surface area contributed by atoms with Crippen LogP contribution in [0.3, 0.4) is 0 Å². The number of thiol groups is 1. The molecule has 0 spiro atoms. The molecule has 0 fully saturated rings. The third-order valence-corrected chi connectivity index (χ3v) is 11.0. The van der Waals surface area contributed by atoms with Gasteiger partial charge in [-0.25, -0.2) is 24.9 Å². The first-order valence-electron chi connectivity index (χ1n) is 24.5. The Bertz CT molecular complexity index is 3480. The third-order valence-electron chi connectivity index (χ3n) is 9.45. The number of hydrogen-bond donors (Lipinski definition) is 6. The molecule has 10 aromatic rings. The second kappa shape index (κ2) is 64.2. The van der Waals surface area contributed by atoms with Crippen LogP contribution in [0.4, 0.5) is 0 Å². The van der Waals surface area contributed by atoms with Crippen LogP contribution in [-0.2, 0) is 19.4 Å². The molecule has 10 heterocycles. The molecule has 0 aliphatic heterocycles. The van der Waals surface area contributed by atoms with Crippen LogP contribution in [0.1, 0.15) is 2.85 Å². The van der Waals surface area contributed by atoms with Crippen LogP contribution >= 0.6 is 60.6 Å². The monoisotopic (exact) mass is 1580 g/mol. The largest absolute Gasteiger partial charge is 1.00 e. The second-order valence-corrected chi connectivity index (χ2v) is 18.0. The second-order valence-electron chi connectivity index (χ2n) is 15.2. The van der Waals surface area contributed by atoms with E-state index in [-0.39, 0.29) is 232 Å². The zero-order valence-electron chi connectivity index (χ0n) is 53.3. The van der Waals surface area contributed by atoms with Crippen LogP contribution in [0.25, 0.3) is 33.8 Å². The molecule has 37 heteroatoms. The van der Waals surface area contributed by atoms with E-state index >= 15 is 0 Å². The molecule has 0 atom stereocenters. The number of nitrogens with one attached hydrogen (secondary N) is 1. The zero-order chi connectivity index (χ0) is 65.9. The third kappa shape index (κ3) is 47.2. The van der Waals surface area contributed by atoms with Crippen LogP contribution < -0.4 is 252 Å². The van der Waals surface area contributed by atoms with Gasteiger partial charge in [0.25, 0.3) is 12.9 Å². The summed E-state index contributed by atoms with van der Waals surface area (Å²) < 4.78 is 25.0. The number of ether oxygens (including phenoxy) is 4. The van der Waals surface area contributed by atoms with Gasteiger partial charge in [-0.05, 0) is 139 Å². The minimum atomic E-state index is -1.46. The van der Waals surface area contributed by atoms with Crippen LogP contribution in [0.2, 0.25) is 0 Å². The first kappa shape index (κ1) is 96.9. The number of carbonyl (C=O) groups excluding carboxylic acids is 2. The van der Waals surface area contributed by atoms with Crippen molar-refractivity contribution >= 4 is 106 Å². The summed E-state index contributed by atoms with van der Waals surface area (Å²) in [4.78, 5) is 72.1. The molecule has 465 valence electrons. The maximum Gasteiger partial charge on any atom is 1.00 e. The number of aromatic nitrogens is 10. The predicted molar refractivity (Wildman–Crippen MR) is 345 cm³/mol. The van der Waals surface area contributed by atoms with Gasteiger partial charge in [0.2, 0.25) is 29.1 Å². The van der Waals surface area contributed by atoms with Gasteiger partial charge in [-0.1, -0.05) is 36.4 Å². The fraction of sp³-hybridized carbons (Fsp3) is 0.0714. The number of aromatic amines is 1. The predicted octanol–water partition coefficient (Wildman–Crippen LogP) is -6.97. The van der Waals surface area contributed by atoms with Crippen molar-refractivity contribution in [2.75, 3.05) is 28.4 Å². The van der Waals surface area contributed by atoms with Crippen molar-refractivity contribution in [2.24, 2.45) is 4.30 Å². The van der Waals surface area contributed by atoms with Gasteiger partial charge < -0.3 is 67.2 Å². The molecule has 5 N–H and O–H groups in total. The van der Waals surface area contributed by atoms with E-state index in [0.717, 1.165) is 47.3 Å². The molecule has 10 aromatic heterocycles. The smallest absolute Gasteiger partial charge is 1.00 e. The molecule has 0 amide bonds. The molecule has 10 rings (SSSR count). The average Bonchev–Trinajstić information content (AvgIpc) is 1.19. The Morgan fingerprint density at radius 1 is 0.516 bits per heavy atom. The molecule has 0 aliphatic carbocycles. The Morgan fingerprint density at radius 3 is 1.24 bits per heavy atom. The Morgan fingerprint density at radius 2 is 0.935 bits per heavy atom. The normalized spacial score (nSPS) is 8.57. The number of nitrogens with zero attached hydrogens (tertiary/aromatic N) is 10. The summed E-state index contributed by atoms with van der Waals surface area (Å²) in [5, 5.41) is 51.2. The number of H-pyrrole nitrogens is 1. The zero-order valence-corrected chi connectivity index (χ0v) is 69.5. The van der Waals surface area contributed by atoms with Gasteiger partial charge in [0.1, 0.15) is 4.60 Å². The summed E-state index contributed by atoms with van der Waals surface area (Å²) in [6.45, 7) is -0.361. The molecular weight excluding hydrogens is 1530 g/mol. The van der Waals surface area contributed by atoms with E-state index in [2.05, 4.69) is 132 Å². The van der Waals surface area contributed by atoms with Gasteiger partial charge in [0, 0.05) is 107 Å². The maximum absolute atomic E-state index is 10.8. The van der Waals surface area contributed by atoms with Crippen LogP contribution in [-0.4, -0.2) is 133 Å². The van der Waals surface area contributed by atoms with Crippen molar-refractivity contribution in [1.29, 1.82) is 0 Å². The summed E-state index contributed by atoms with van der Waals surface area (Å²) in [7, 11) is 7.70. The Balaban J connectivity index is -0.000000237. The van der Waals surface area contributed by atoms with Gasteiger partial charge >= 0.3 is 245 Å². The quantitative estimate of drug-likeness (QED) is 0.0175. The Kier molecular flexibility index (Phi) is 66.9. The number of hydrogen-bond acceptors (Lipinski definition) is 26. The van der Waals surface area contributed by atoms with E-state index < -0.39 is 14.2 Å². The topological polar surface area (TPSA) is 378 Å². The van der Waals surface area contributed by atoms with E-state index in [9.17, 15) is 4.79 Å². The van der Waals surface area contributed by atoms with Gasteiger partial charge in [-0.15, -0.1) is 0 Å². The summed E-state index contributed by atoms with van der Waals surface area (Å²) in [5.41, 5.74) is 6.08. The molecule has 0 saturated carbocycles. The summed E-state index contributed by atoms with van der Waals surface area (Å²) in [6, 6.07) is 43.6. The molecule has 1 radical (unpaired) electrons. The van der Waals surface area contributed by atoms with Crippen molar-refractivity contribution in [3.63, 3.8) is 0 Å². The van der Waals surface area contributed by atoms with Crippen molar-refractivity contribution < 1.29 is 277 Å². The maximum atomic E-state index is 10.8. The molecule has 0 aromatic carbocycles. The van der Waals surface area contributed by atoms with Crippen LogP contribution in [0.15, 0.2) is 230 Å². The van der Waals surface area contributed by atoms with Crippen molar-refractivity contribution in [3.8, 4) is 57.3 Å². The van der Waals surface area contributed by atoms with Crippen LogP contribution in [0, 0.1) is 0 Å². The summed E-state index contributed by atoms with van der Waals surface area (Å²) in [5.74, 6) is 2.28. The Hall–Kier alpha value is -2.47. The fourth-order valence-corrected chi connectivity index (χ4v) is 6.57. The van der Waals surface area contributed by atoms with Gasteiger partial charge in [0.15, 0.2) is 0 Å². The molecule has 93 heavy (non-hydrogen) atoms. The molecule has 0 saturated heterocycles. The molecule has 0 unspecified atom stereocenters. The summed E-state index contributed by atoms with van der Waals surface area (Å²) in [6.07, 6.45) is 16.7. The van der Waals surface area contributed by atoms with Gasteiger partial charge in [0.05, 0.1) is 55.6 Å². The molecular formula is C56H56B3Br3K4N11O15S. The van der Waals surface area contributed by atoms with E-state index in [0.29, 0.717) is 29.0 Å². The fourth-order valence-electron chi connectivity index (χ4n) is 5.56. The number of pyridine rings is 10. The number of halogens is 3. The van der Waals surface area contributed by atoms with Gasteiger partial charge in [-0.3, -0.25) is 34.3 Å². The molecule has 0 aliphatic rings. The first-order chi connectivity index (χ1) is 43.1. The van der Waals surface area contributed by atoms with E-state index in [4.69, 9.17) is 59.1 Å². The minimum absolute atomic E-state index is 0. The molecule has 26 nitrogen and oxygen atoms in total. The minimum Gasteiger partial charge on any atom is -1.00 e. The number of carbonyl (C=O) groups is 2. The van der Waals surface area contributed by atoms with Crippen molar-refractivity contribution in [2.45, 2.75) is 0 Å². The standard InChI is InChI=1S/C11H9BrN2O.C11H10N2O.C10H8N2O.C6H8BNO3.C6H6BrNO.C5H6BNO2.C5H4BrN.2CH2O3.BHNS.4K.2H/c1-15-11-9(12)6-8(7-14-11)10-4-2-3-5-13-10;1-14-11-6-5-9(8-13-11)10-4-2-3-7-12-10;13-10-5-4-8(7-12-10)9-3-1-2-6-11-9;1-11-6-3-2-5(4-8-6)7(9)10;1-9-6-3-2-5(7)4-8-6;8-6(9)5-3-1-2-4-7-5;6-5-3-1-2-4-7-5;2*2-1-4-3;1-2-3;;;;;;/h2-7H,1H3;2-8H,1H3;1-7H,(H,12,13);2-4,9-10H,1H3;2-4H,1H3;1-4,8-9H;1-4H;2*1,3H;3H;;;;;;/q;;;;;;;;;;4*+1;2*-1/p-2. The van der Waals surface area contributed by atoms with E-state index in [1.165, 1.54) is 31.6 Å². The Labute approximate surface area is 742 Å². The number of methoxy groups -OCH3 is 4. The van der Waals surface area contributed by atoms with Crippen molar-refractivity contribution in [1.82, 2.24) is 49.8 Å². The van der Waals surface area contributed by atoms with Crippen LogP contribution in [0.5, 0.6) is 23.5 Å². The molecule has 0 bridgehead atoms. The SMILES string of the molecule is Brc1ccccn1.COc1ccc(-c2ccccn2)cn1.COc1ccc(B(O)O)cn1.COc1ccc(Br)cn1.COc1ncc(-c2ccccn2)cc1Br.O=CO[O-].O=CO[O-].O=c1ccc(-c2ccccn2)c[nH]1.OB(O)c1ccccn1.[B]=NS.[H-].[H-].[K+].[K+].[K+].[K+]. The van der Waals surface area contributed by atoms with E-state index in [1.807, 2.05) is 97.1 Å². The van der Waals surface area contributed by atoms with Crippen molar-refractivity contribution in [3.05, 3.63) is 231 Å².